The van der Waals surface area contributed by atoms with Crippen molar-refractivity contribution in [3.63, 3.8) is 0 Å². The van der Waals surface area contributed by atoms with Crippen LogP contribution < -0.4 is 9.47 Å². The third-order valence-corrected chi connectivity index (χ3v) is 2.13. The zero-order valence-corrected chi connectivity index (χ0v) is 10.2. The molecule has 6 heteroatoms. The van der Waals surface area contributed by atoms with Crippen molar-refractivity contribution in [1.29, 1.82) is 0 Å². The third-order valence-electron chi connectivity index (χ3n) is 2.13. The molecule has 0 aliphatic carbocycles. The van der Waals surface area contributed by atoms with Crippen molar-refractivity contribution >= 4 is 0 Å². The second-order valence-corrected chi connectivity index (χ2v) is 3.42. The third kappa shape index (κ3) is 3.14. The summed E-state index contributed by atoms with van der Waals surface area (Å²) in [5, 5.41) is 0. The van der Waals surface area contributed by atoms with Crippen LogP contribution in [0.3, 0.4) is 0 Å². The molecule has 0 aromatic carbocycles. The topological polar surface area (TPSA) is 66.4 Å². The van der Waals surface area contributed by atoms with Gasteiger partial charge in [-0.1, -0.05) is 0 Å². The fourth-order valence-corrected chi connectivity index (χ4v) is 1.33. The summed E-state index contributed by atoms with van der Waals surface area (Å²) in [5.74, 6) is 1.56. The normalized spacial score (nSPS) is 10.1. The van der Waals surface area contributed by atoms with Crippen LogP contribution in [0.5, 0.6) is 17.5 Å². The van der Waals surface area contributed by atoms with Gasteiger partial charge in [0.05, 0.1) is 25.6 Å². The molecule has 0 saturated heterocycles. The molecule has 0 bridgehead atoms. The lowest BCUT2D eigenvalue weighted by atomic mass is 10.4. The fraction of sp³-hybridized carbons (Fsp3) is 0.250. The van der Waals surface area contributed by atoms with Crippen molar-refractivity contribution in [2.45, 2.75) is 6.61 Å². The van der Waals surface area contributed by atoms with E-state index < -0.39 is 0 Å². The van der Waals surface area contributed by atoms with Crippen LogP contribution in [0.1, 0.15) is 5.69 Å². The molecule has 6 nitrogen and oxygen atoms in total. The smallest absolute Gasteiger partial charge is 0.222 e. The Balaban J connectivity index is 2.09. The minimum Gasteiger partial charge on any atom is -0.481 e. The van der Waals surface area contributed by atoms with Gasteiger partial charge in [-0.25, -0.2) is 15.0 Å². The van der Waals surface area contributed by atoms with E-state index in [1.54, 1.807) is 38.6 Å². The first-order chi connectivity index (χ1) is 8.81. The van der Waals surface area contributed by atoms with Gasteiger partial charge in [0.15, 0.2) is 0 Å². The van der Waals surface area contributed by atoms with Gasteiger partial charge >= 0.3 is 0 Å². The van der Waals surface area contributed by atoms with Crippen LogP contribution >= 0.6 is 0 Å². The van der Waals surface area contributed by atoms with Gasteiger partial charge in [-0.3, -0.25) is 0 Å². The first-order valence-electron chi connectivity index (χ1n) is 5.29. The molecule has 0 saturated carbocycles. The van der Waals surface area contributed by atoms with E-state index in [1.165, 1.54) is 6.33 Å². The molecule has 0 radical (unpaired) electrons. The second kappa shape index (κ2) is 5.92. The predicted molar refractivity (Wildman–Crippen MR) is 63.6 cm³/mol. The van der Waals surface area contributed by atoms with Crippen molar-refractivity contribution in [1.82, 2.24) is 15.0 Å². The van der Waals surface area contributed by atoms with E-state index in [0.717, 1.165) is 5.69 Å². The number of nitrogens with zero attached hydrogens (tertiary/aromatic N) is 3. The average molecular weight is 247 g/mol. The maximum atomic E-state index is 5.54. The number of ether oxygens (including phenoxy) is 3. The summed E-state index contributed by atoms with van der Waals surface area (Å²) in [5.41, 5.74) is 0.754. The van der Waals surface area contributed by atoms with Crippen LogP contribution in [-0.4, -0.2) is 29.2 Å². The number of pyridine rings is 1. The van der Waals surface area contributed by atoms with E-state index in [0.29, 0.717) is 24.1 Å². The summed E-state index contributed by atoms with van der Waals surface area (Å²) < 4.78 is 15.5. The Bertz CT molecular complexity index is 502. The van der Waals surface area contributed by atoms with Crippen LogP contribution in [-0.2, 0) is 11.3 Å². The van der Waals surface area contributed by atoms with Crippen LogP contribution in [0.25, 0.3) is 0 Å². The minimum atomic E-state index is 0.416. The number of hydrogen-bond acceptors (Lipinski definition) is 6. The summed E-state index contributed by atoms with van der Waals surface area (Å²) in [6, 6.07) is 5.18. The zero-order chi connectivity index (χ0) is 12.8. The van der Waals surface area contributed by atoms with Crippen LogP contribution in [0, 0.1) is 0 Å². The molecule has 0 spiro atoms. The largest absolute Gasteiger partial charge is 0.481 e. The molecule has 94 valence electrons. The van der Waals surface area contributed by atoms with Crippen LogP contribution in [0.15, 0.2) is 30.7 Å². The molecule has 0 aliphatic rings. The number of rotatable bonds is 5. The SMILES string of the molecule is COCc1cc(Oc2ccc(OC)nc2)ncn1. The molecule has 0 aliphatic heterocycles. The highest BCUT2D eigenvalue weighted by atomic mass is 16.5. The van der Waals surface area contributed by atoms with Crippen molar-refractivity contribution in [2.24, 2.45) is 0 Å². The summed E-state index contributed by atoms with van der Waals surface area (Å²) in [6.07, 6.45) is 3.00. The molecule has 2 aromatic rings. The van der Waals surface area contributed by atoms with Crippen molar-refractivity contribution in [3.8, 4) is 17.5 Å². The highest BCUT2D eigenvalue weighted by Gasteiger charge is 2.02. The molecular formula is C12H13N3O3. The summed E-state index contributed by atoms with van der Waals surface area (Å²) >= 11 is 0. The first-order valence-corrected chi connectivity index (χ1v) is 5.29. The summed E-state index contributed by atoms with van der Waals surface area (Å²) in [7, 11) is 3.17. The van der Waals surface area contributed by atoms with Gasteiger partial charge < -0.3 is 14.2 Å². The van der Waals surface area contributed by atoms with Crippen molar-refractivity contribution < 1.29 is 14.2 Å². The molecule has 0 N–H and O–H groups in total. The van der Waals surface area contributed by atoms with Gasteiger partial charge in [-0.2, -0.15) is 0 Å². The molecule has 0 fully saturated rings. The highest BCUT2D eigenvalue weighted by Crippen LogP contribution is 2.20. The molecular weight excluding hydrogens is 234 g/mol. The maximum absolute atomic E-state index is 5.54. The van der Waals surface area contributed by atoms with Crippen molar-refractivity contribution in [2.75, 3.05) is 14.2 Å². The van der Waals surface area contributed by atoms with Gasteiger partial charge in [0.25, 0.3) is 0 Å². The fourth-order valence-electron chi connectivity index (χ4n) is 1.33. The number of hydrogen-bond donors (Lipinski definition) is 0. The number of methoxy groups -OCH3 is 2. The maximum Gasteiger partial charge on any atom is 0.222 e. The lowest BCUT2D eigenvalue weighted by molar-refractivity contribution is 0.181. The van der Waals surface area contributed by atoms with Crippen molar-refractivity contribution in [3.05, 3.63) is 36.4 Å². The summed E-state index contributed by atoms with van der Waals surface area (Å²) in [4.78, 5) is 12.1. The zero-order valence-electron chi connectivity index (χ0n) is 10.2. The molecule has 2 heterocycles. The van der Waals surface area contributed by atoms with E-state index in [9.17, 15) is 0 Å². The Kier molecular flexibility index (Phi) is 4.03. The molecule has 2 rings (SSSR count). The lowest BCUT2D eigenvalue weighted by Crippen LogP contribution is -1.96. The highest BCUT2D eigenvalue weighted by molar-refractivity contribution is 5.27. The Morgan fingerprint density at radius 1 is 1.06 bits per heavy atom. The van der Waals surface area contributed by atoms with E-state index in [2.05, 4.69) is 15.0 Å². The van der Waals surface area contributed by atoms with E-state index in [1.807, 2.05) is 0 Å². The Morgan fingerprint density at radius 3 is 2.61 bits per heavy atom. The van der Waals surface area contributed by atoms with E-state index in [-0.39, 0.29) is 0 Å². The van der Waals surface area contributed by atoms with Crippen LogP contribution in [0.4, 0.5) is 0 Å². The molecule has 2 aromatic heterocycles. The first kappa shape index (κ1) is 12.3. The van der Waals surface area contributed by atoms with Gasteiger partial charge in [0.1, 0.15) is 12.1 Å². The Labute approximate surface area is 105 Å². The molecule has 18 heavy (non-hydrogen) atoms. The number of aromatic nitrogens is 3. The van der Waals surface area contributed by atoms with Gasteiger partial charge in [0.2, 0.25) is 11.8 Å². The van der Waals surface area contributed by atoms with E-state index in [4.69, 9.17) is 14.2 Å². The molecule has 0 atom stereocenters. The van der Waals surface area contributed by atoms with E-state index >= 15 is 0 Å². The Morgan fingerprint density at radius 2 is 1.94 bits per heavy atom. The molecule has 0 unspecified atom stereocenters. The molecule has 0 amide bonds. The minimum absolute atomic E-state index is 0.416. The summed E-state index contributed by atoms with van der Waals surface area (Å²) in [6.45, 7) is 0.416. The quantitative estimate of drug-likeness (QED) is 0.802. The average Bonchev–Trinajstić information content (AvgIpc) is 2.40. The monoisotopic (exact) mass is 247 g/mol. The van der Waals surface area contributed by atoms with Crippen LogP contribution in [0.2, 0.25) is 0 Å². The van der Waals surface area contributed by atoms with Gasteiger partial charge in [-0.15, -0.1) is 0 Å². The standard InChI is InChI=1S/C12H13N3O3/c1-16-7-9-5-12(15-8-14-9)18-10-3-4-11(17-2)13-6-10/h3-6,8H,7H2,1-2H3. The Hall–Kier alpha value is -2.21. The lowest BCUT2D eigenvalue weighted by Gasteiger charge is -2.05. The second-order valence-electron chi connectivity index (χ2n) is 3.42. The van der Waals surface area contributed by atoms with Gasteiger partial charge in [0, 0.05) is 19.2 Å². The predicted octanol–water partition coefficient (Wildman–Crippen LogP) is 1.82. The van der Waals surface area contributed by atoms with Gasteiger partial charge in [-0.05, 0) is 6.07 Å².